The highest BCUT2D eigenvalue weighted by atomic mass is 32.2. The highest BCUT2D eigenvalue weighted by Gasteiger charge is 2.36. The van der Waals surface area contributed by atoms with Crippen molar-refractivity contribution >= 4 is 16.2 Å². The molecule has 0 saturated carbocycles. The molecule has 1 aliphatic heterocycles. The number of carboxylic acids is 1. The molecule has 0 aliphatic carbocycles. The van der Waals surface area contributed by atoms with Gasteiger partial charge in [0.05, 0.1) is 25.2 Å². The summed E-state index contributed by atoms with van der Waals surface area (Å²) < 4.78 is 31.0. The third kappa shape index (κ3) is 2.88. The molecule has 1 fully saturated rings. The van der Waals surface area contributed by atoms with Crippen LogP contribution in [0.2, 0.25) is 0 Å². The number of nitrogens with zero attached hydrogens (tertiary/aromatic N) is 1. The van der Waals surface area contributed by atoms with Gasteiger partial charge < -0.3 is 9.84 Å². The molecule has 15 heavy (non-hydrogen) atoms. The van der Waals surface area contributed by atoms with E-state index in [2.05, 4.69) is 4.72 Å². The summed E-state index contributed by atoms with van der Waals surface area (Å²) in [4.78, 5) is 10.7. The van der Waals surface area contributed by atoms with E-state index in [0.29, 0.717) is 0 Å². The molecule has 0 bridgehead atoms. The van der Waals surface area contributed by atoms with Gasteiger partial charge in [-0.25, -0.2) is 0 Å². The monoisotopic (exact) mass is 238 g/mol. The Labute approximate surface area is 88.2 Å². The fourth-order valence-electron chi connectivity index (χ4n) is 1.21. The lowest BCUT2D eigenvalue weighted by atomic mass is 10.1. The highest BCUT2D eigenvalue weighted by Crippen LogP contribution is 2.14. The molecular formula is C7H14N2O5S. The maximum atomic E-state index is 11.4. The van der Waals surface area contributed by atoms with E-state index in [4.69, 9.17) is 9.84 Å². The first-order valence-electron chi connectivity index (χ1n) is 4.35. The molecule has 88 valence electrons. The Bertz CT molecular complexity index is 339. The molecule has 0 aromatic carbocycles. The highest BCUT2D eigenvalue weighted by molar-refractivity contribution is 7.87. The lowest BCUT2D eigenvalue weighted by Gasteiger charge is -2.18. The molecule has 2 unspecified atom stereocenters. The van der Waals surface area contributed by atoms with Crippen molar-refractivity contribution in [1.29, 1.82) is 0 Å². The average molecular weight is 238 g/mol. The molecule has 0 aromatic rings. The van der Waals surface area contributed by atoms with Crippen molar-refractivity contribution in [1.82, 2.24) is 9.03 Å². The minimum Gasteiger partial charge on any atom is -0.481 e. The smallest absolute Gasteiger partial charge is 0.310 e. The van der Waals surface area contributed by atoms with Gasteiger partial charge in [-0.2, -0.15) is 17.4 Å². The van der Waals surface area contributed by atoms with Crippen LogP contribution in [0.15, 0.2) is 0 Å². The van der Waals surface area contributed by atoms with Gasteiger partial charge >= 0.3 is 5.97 Å². The van der Waals surface area contributed by atoms with Gasteiger partial charge in [-0.05, 0) is 0 Å². The van der Waals surface area contributed by atoms with Crippen LogP contribution in [0.4, 0.5) is 0 Å². The van der Waals surface area contributed by atoms with Crippen molar-refractivity contribution in [3.05, 3.63) is 0 Å². The van der Waals surface area contributed by atoms with Gasteiger partial charge in [-0.3, -0.25) is 4.79 Å². The summed E-state index contributed by atoms with van der Waals surface area (Å²) in [6.07, 6.45) is 0. The number of carboxylic acid groups (broad SMARTS) is 1. The summed E-state index contributed by atoms with van der Waals surface area (Å²) in [5, 5.41) is 8.79. The van der Waals surface area contributed by atoms with E-state index in [-0.39, 0.29) is 13.2 Å². The zero-order valence-electron chi connectivity index (χ0n) is 8.50. The van der Waals surface area contributed by atoms with Crippen molar-refractivity contribution in [2.75, 3.05) is 27.3 Å². The van der Waals surface area contributed by atoms with Crippen LogP contribution in [0.3, 0.4) is 0 Å². The first-order valence-corrected chi connectivity index (χ1v) is 5.79. The Balaban J connectivity index is 2.70. The second-order valence-corrected chi connectivity index (χ2v) is 5.41. The van der Waals surface area contributed by atoms with Gasteiger partial charge in [0, 0.05) is 14.1 Å². The molecular weight excluding hydrogens is 224 g/mol. The van der Waals surface area contributed by atoms with Crippen LogP contribution in [0, 0.1) is 5.92 Å². The van der Waals surface area contributed by atoms with Crippen LogP contribution in [0.25, 0.3) is 0 Å². The van der Waals surface area contributed by atoms with Crippen molar-refractivity contribution in [3.8, 4) is 0 Å². The normalized spacial score (nSPS) is 27.1. The zero-order valence-corrected chi connectivity index (χ0v) is 9.32. The molecule has 1 heterocycles. The minimum atomic E-state index is -3.61. The standard InChI is InChI=1S/C7H14N2O5S/c1-9(2)15(12,13)8-6-4-14-3-5(6)7(10)11/h5-6,8H,3-4H2,1-2H3,(H,10,11). The van der Waals surface area contributed by atoms with E-state index >= 15 is 0 Å². The third-order valence-corrected chi connectivity index (χ3v) is 3.74. The Morgan fingerprint density at radius 2 is 2.07 bits per heavy atom. The van der Waals surface area contributed by atoms with Crippen LogP contribution in [-0.4, -0.2) is 57.1 Å². The number of hydrogen-bond acceptors (Lipinski definition) is 4. The summed E-state index contributed by atoms with van der Waals surface area (Å²) in [6, 6.07) is -0.699. The summed E-state index contributed by atoms with van der Waals surface area (Å²) in [6.45, 7) is 0.125. The summed E-state index contributed by atoms with van der Waals surface area (Å²) in [5.74, 6) is -1.88. The fraction of sp³-hybridized carbons (Fsp3) is 0.857. The Morgan fingerprint density at radius 3 is 2.53 bits per heavy atom. The first kappa shape index (κ1) is 12.4. The van der Waals surface area contributed by atoms with Crippen LogP contribution < -0.4 is 4.72 Å². The van der Waals surface area contributed by atoms with E-state index in [1.54, 1.807) is 0 Å². The van der Waals surface area contributed by atoms with Crippen LogP contribution in [0.1, 0.15) is 0 Å². The maximum absolute atomic E-state index is 11.4. The largest absolute Gasteiger partial charge is 0.481 e. The number of nitrogens with one attached hydrogen (secondary N) is 1. The Morgan fingerprint density at radius 1 is 1.47 bits per heavy atom. The van der Waals surface area contributed by atoms with E-state index in [1.165, 1.54) is 14.1 Å². The molecule has 2 N–H and O–H groups in total. The third-order valence-electron chi connectivity index (χ3n) is 2.18. The van der Waals surface area contributed by atoms with Crippen molar-refractivity contribution < 1.29 is 23.1 Å². The Kier molecular flexibility index (Phi) is 3.66. The van der Waals surface area contributed by atoms with E-state index in [9.17, 15) is 13.2 Å². The SMILES string of the molecule is CN(C)S(=O)(=O)NC1COCC1C(=O)O. The summed E-state index contributed by atoms with van der Waals surface area (Å²) in [7, 11) is -0.870. The van der Waals surface area contributed by atoms with E-state index in [0.717, 1.165) is 4.31 Å². The van der Waals surface area contributed by atoms with Gasteiger partial charge in [0.25, 0.3) is 10.2 Å². The Hall–Kier alpha value is -0.700. The van der Waals surface area contributed by atoms with Gasteiger partial charge in [0.1, 0.15) is 0 Å². The quantitative estimate of drug-likeness (QED) is 0.620. The number of aliphatic carboxylic acids is 1. The molecule has 1 rings (SSSR count). The van der Waals surface area contributed by atoms with E-state index in [1.807, 2.05) is 0 Å². The van der Waals surface area contributed by atoms with Crippen molar-refractivity contribution in [3.63, 3.8) is 0 Å². The molecule has 0 amide bonds. The summed E-state index contributed by atoms with van der Waals surface area (Å²) >= 11 is 0. The molecule has 1 aliphatic rings. The zero-order chi connectivity index (χ0) is 11.6. The predicted molar refractivity (Wildman–Crippen MR) is 51.5 cm³/mol. The number of rotatable bonds is 4. The topological polar surface area (TPSA) is 95.9 Å². The van der Waals surface area contributed by atoms with Crippen LogP contribution in [-0.2, 0) is 19.7 Å². The maximum Gasteiger partial charge on any atom is 0.310 e. The minimum absolute atomic E-state index is 0.0376. The lowest BCUT2D eigenvalue weighted by molar-refractivity contribution is -0.142. The second kappa shape index (κ2) is 4.44. The number of hydrogen-bond donors (Lipinski definition) is 2. The van der Waals surface area contributed by atoms with Crippen LogP contribution >= 0.6 is 0 Å². The number of carbonyl (C=O) groups is 1. The van der Waals surface area contributed by atoms with Gasteiger partial charge in [0.2, 0.25) is 0 Å². The summed E-state index contributed by atoms with van der Waals surface area (Å²) in [5.41, 5.74) is 0. The van der Waals surface area contributed by atoms with Crippen molar-refractivity contribution in [2.24, 2.45) is 5.92 Å². The van der Waals surface area contributed by atoms with Crippen molar-refractivity contribution in [2.45, 2.75) is 6.04 Å². The van der Waals surface area contributed by atoms with Gasteiger partial charge in [-0.15, -0.1) is 0 Å². The molecule has 8 heteroatoms. The van der Waals surface area contributed by atoms with Crippen LogP contribution in [0.5, 0.6) is 0 Å². The van der Waals surface area contributed by atoms with E-state index < -0.39 is 28.1 Å². The first-order chi connectivity index (χ1) is 6.84. The second-order valence-electron chi connectivity index (χ2n) is 3.49. The molecule has 7 nitrogen and oxygen atoms in total. The predicted octanol–water partition coefficient (Wildman–Crippen LogP) is -1.52. The molecule has 1 saturated heterocycles. The van der Waals surface area contributed by atoms with Gasteiger partial charge in [-0.1, -0.05) is 0 Å². The van der Waals surface area contributed by atoms with Gasteiger partial charge in [0.15, 0.2) is 0 Å². The number of ether oxygens (including phenoxy) is 1. The average Bonchev–Trinajstić information content (AvgIpc) is 2.51. The fourth-order valence-corrected chi connectivity index (χ4v) is 2.04. The molecule has 2 atom stereocenters. The molecule has 0 aromatic heterocycles. The lowest BCUT2D eigenvalue weighted by Crippen LogP contribution is -2.47. The molecule has 0 radical (unpaired) electrons. The molecule has 0 spiro atoms.